The largest absolute Gasteiger partial charge is 0.466 e. The number of hydrogen-bond acceptors (Lipinski definition) is 5. The molecule has 1 aromatic heterocycles. The van der Waals surface area contributed by atoms with Crippen LogP contribution in [-0.4, -0.2) is 29.9 Å². The van der Waals surface area contributed by atoms with Gasteiger partial charge in [-0.2, -0.15) is 0 Å². The van der Waals surface area contributed by atoms with Crippen LogP contribution in [0.5, 0.6) is 0 Å². The van der Waals surface area contributed by atoms with Gasteiger partial charge in [0.15, 0.2) is 0 Å². The topological polar surface area (TPSA) is 71.3 Å². The van der Waals surface area contributed by atoms with Crippen LogP contribution in [0.2, 0.25) is 0 Å². The number of carbonyl (C=O) groups excluding carboxylic acids is 2. The third kappa shape index (κ3) is 4.61. The van der Waals surface area contributed by atoms with Crippen LogP contribution >= 0.6 is 23.5 Å². The summed E-state index contributed by atoms with van der Waals surface area (Å²) < 4.78 is 5.77. The summed E-state index contributed by atoms with van der Waals surface area (Å²) in [7, 11) is 0. The molecule has 0 saturated carbocycles. The molecule has 25 heavy (non-hydrogen) atoms. The second kappa shape index (κ2) is 8.01. The lowest BCUT2D eigenvalue weighted by Gasteiger charge is -2.11. The van der Waals surface area contributed by atoms with Gasteiger partial charge in [-0.05, 0) is 37.6 Å². The number of furan rings is 1. The highest BCUT2D eigenvalue weighted by molar-refractivity contribution is 8.19. The number of benzene rings is 1. The highest BCUT2D eigenvalue weighted by Crippen LogP contribution is 2.45. The lowest BCUT2D eigenvalue weighted by molar-refractivity contribution is -0.115. The maximum Gasteiger partial charge on any atom is 0.255 e. The van der Waals surface area contributed by atoms with Crippen LogP contribution in [0.4, 0.5) is 5.69 Å². The summed E-state index contributed by atoms with van der Waals surface area (Å²) in [5.41, 5.74) is 2.42. The standard InChI is InChI=1S/C18H20N2O3S2/c1-11-8-15(12(2)23-11)17(22)19-10-16(21)20-14-5-3-4-13(9-14)18-24-6-7-25-18/h3-5,8-9,18H,6-7,10H2,1-2H3,(H,19,22)(H,20,21). The van der Waals surface area contributed by atoms with E-state index in [1.54, 1.807) is 19.9 Å². The van der Waals surface area contributed by atoms with Crippen LogP contribution < -0.4 is 10.6 Å². The Morgan fingerprint density at radius 3 is 2.64 bits per heavy atom. The van der Waals surface area contributed by atoms with Gasteiger partial charge in [-0.15, -0.1) is 23.5 Å². The average Bonchev–Trinajstić information content (AvgIpc) is 3.22. The maximum absolute atomic E-state index is 12.1. The summed E-state index contributed by atoms with van der Waals surface area (Å²) in [6.07, 6.45) is 0. The lowest BCUT2D eigenvalue weighted by atomic mass is 10.2. The van der Waals surface area contributed by atoms with Gasteiger partial charge < -0.3 is 15.1 Å². The number of aryl methyl sites for hydroxylation is 2. The molecule has 0 atom stereocenters. The van der Waals surface area contributed by atoms with Crippen molar-refractivity contribution in [2.24, 2.45) is 0 Å². The number of amides is 2. The molecular weight excluding hydrogens is 356 g/mol. The maximum atomic E-state index is 12.1. The van der Waals surface area contributed by atoms with Crippen molar-refractivity contribution in [2.75, 3.05) is 23.4 Å². The van der Waals surface area contributed by atoms with Gasteiger partial charge in [-0.1, -0.05) is 12.1 Å². The molecule has 1 aromatic carbocycles. The third-order valence-corrected chi connectivity index (χ3v) is 6.86. The highest BCUT2D eigenvalue weighted by atomic mass is 32.2. The van der Waals surface area contributed by atoms with E-state index in [-0.39, 0.29) is 18.4 Å². The van der Waals surface area contributed by atoms with Gasteiger partial charge in [-0.3, -0.25) is 9.59 Å². The molecule has 3 rings (SSSR count). The fourth-order valence-electron chi connectivity index (χ4n) is 2.63. The molecule has 1 aliphatic rings. The molecule has 2 N–H and O–H groups in total. The van der Waals surface area contributed by atoms with E-state index < -0.39 is 0 Å². The quantitative estimate of drug-likeness (QED) is 0.832. The smallest absolute Gasteiger partial charge is 0.255 e. The van der Waals surface area contributed by atoms with E-state index in [1.165, 1.54) is 5.56 Å². The van der Waals surface area contributed by atoms with Gasteiger partial charge >= 0.3 is 0 Å². The molecule has 132 valence electrons. The first-order valence-electron chi connectivity index (χ1n) is 8.01. The third-order valence-electron chi connectivity index (χ3n) is 3.76. The van der Waals surface area contributed by atoms with E-state index in [1.807, 2.05) is 41.7 Å². The fourth-order valence-corrected chi connectivity index (χ4v) is 5.47. The number of anilines is 1. The molecule has 1 saturated heterocycles. The van der Waals surface area contributed by atoms with E-state index in [4.69, 9.17) is 4.42 Å². The van der Waals surface area contributed by atoms with E-state index in [2.05, 4.69) is 16.7 Å². The molecule has 2 aromatic rings. The first-order chi connectivity index (χ1) is 12.0. The van der Waals surface area contributed by atoms with Crippen LogP contribution in [-0.2, 0) is 4.79 Å². The monoisotopic (exact) mass is 376 g/mol. The average molecular weight is 377 g/mol. The van der Waals surface area contributed by atoms with Gasteiger partial charge in [0.05, 0.1) is 16.7 Å². The number of thioether (sulfide) groups is 2. The highest BCUT2D eigenvalue weighted by Gasteiger charge is 2.19. The molecule has 0 unspecified atom stereocenters. The van der Waals surface area contributed by atoms with E-state index in [0.29, 0.717) is 21.7 Å². The van der Waals surface area contributed by atoms with Crippen molar-refractivity contribution in [1.82, 2.24) is 5.32 Å². The van der Waals surface area contributed by atoms with Crippen molar-refractivity contribution in [3.63, 3.8) is 0 Å². The van der Waals surface area contributed by atoms with Gasteiger partial charge in [0.1, 0.15) is 11.5 Å². The van der Waals surface area contributed by atoms with Crippen LogP contribution in [0.3, 0.4) is 0 Å². The van der Waals surface area contributed by atoms with Gasteiger partial charge in [0.2, 0.25) is 5.91 Å². The second-order valence-electron chi connectivity index (χ2n) is 5.76. The Bertz CT molecular complexity index is 782. The Morgan fingerprint density at radius 2 is 1.96 bits per heavy atom. The van der Waals surface area contributed by atoms with Crippen molar-refractivity contribution in [3.05, 3.63) is 53.0 Å². The van der Waals surface area contributed by atoms with Crippen molar-refractivity contribution >= 4 is 41.0 Å². The fraction of sp³-hybridized carbons (Fsp3) is 0.333. The Kier molecular flexibility index (Phi) is 5.75. The molecule has 7 heteroatoms. The number of carbonyl (C=O) groups is 2. The summed E-state index contributed by atoms with van der Waals surface area (Å²) in [5, 5.41) is 5.46. The first-order valence-corrected chi connectivity index (χ1v) is 10.1. The zero-order chi connectivity index (χ0) is 17.8. The zero-order valence-corrected chi connectivity index (χ0v) is 15.8. The van der Waals surface area contributed by atoms with E-state index >= 15 is 0 Å². The van der Waals surface area contributed by atoms with Crippen molar-refractivity contribution in [1.29, 1.82) is 0 Å². The summed E-state index contributed by atoms with van der Waals surface area (Å²) in [6, 6.07) is 9.55. The Balaban J connectivity index is 1.55. The van der Waals surface area contributed by atoms with Crippen LogP contribution in [0.1, 0.15) is 32.0 Å². The molecule has 2 amide bonds. The normalized spacial score (nSPS) is 14.5. The Hall–Kier alpha value is -1.86. The summed E-state index contributed by atoms with van der Waals surface area (Å²) >= 11 is 3.85. The minimum Gasteiger partial charge on any atom is -0.466 e. The van der Waals surface area contributed by atoms with E-state index in [0.717, 1.165) is 17.2 Å². The number of hydrogen-bond donors (Lipinski definition) is 2. The van der Waals surface area contributed by atoms with Gasteiger partial charge in [0.25, 0.3) is 5.91 Å². The summed E-state index contributed by atoms with van der Waals surface area (Å²) in [4.78, 5) is 24.2. The first kappa shape index (κ1) is 17.9. The van der Waals surface area contributed by atoms with Crippen LogP contribution in [0.15, 0.2) is 34.7 Å². The van der Waals surface area contributed by atoms with Gasteiger partial charge in [0, 0.05) is 17.2 Å². The molecule has 0 aliphatic carbocycles. The summed E-state index contributed by atoms with van der Waals surface area (Å²) in [6.45, 7) is 3.43. The molecule has 0 bridgehead atoms. The SMILES string of the molecule is Cc1cc(C(=O)NCC(=O)Nc2cccc(C3SCCS3)c2)c(C)o1. The minimum atomic E-state index is -0.308. The molecular formula is C18H20N2O3S2. The number of rotatable bonds is 5. The predicted molar refractivity (Wildman–Crippen MR) is 103 cm³/mol. The van der Waals surface area contributed by atoms with Crippen LogP contribution in [0, 0.1) is 13.8 Å². The predicted octanol–water partition coefficient (Wildman–Crippen LogP) is 3.74. The Labute approximate surface area is 155 Å². The molecule has 0 radical (unpaired) electrons. The van der Waals surface area contributed by atoms with E-state index in [9.17, 15) is 9.59 Å². The van der Waals surface area contributed by atoms with Crippen molar-refractivity contribution < 1.29 is 14.0 Å². The molecule has 1 aliphatic heterocycles. The Morgan fingerprint density at radius 1 is 1.20 bits per heavy atom. The summed E-state index contributed by atoms with van der Waals surface area (Å²) in [5.74, 6) is 2.98. The minimum absolute atomic E-state index is 0.0837. The lowest BCUT2D eigenvalue weighted by Crippen LogP contribution is -2.33. The molecule has 0 spiro atoms. The molecule has 5 nitrogen and oxygen atoms in total. The van der Waals surface area contributed by atoms with Crippen molar-refractivity contribution in [2.45, 2.75) is 18.4 Å². The van der Waals surface area contributed by atoms with Gasteiger partial charge in [-0.25, -0.2) is 0 Å². The van der Waals surface area contributed by atoms with Crippen molar-refractivity contribution in [3.8, 4) is 0 Å². The second-order valence-corrected chi connectivity index (χ2v) is 8.48. The number of nitrogens with one attached hydrogen (secondary N) is 2. The molecule has 1 fully saturated rings. The zero-order valence-electron chi connectivity index (χ0n) is 14.1. The molecule has 2 heterocycles. The van der Waals surface area contributed by atoms with Crippen LogP contribution in [0.25, 0.3) is 0 Å².